The topological polar surface area (TPSA) is 49.4 Å². The summed E-state index contributed by atoms with van der Waals surface area (Å²) in [6.07, 6.45) is 2.52. The molecule has 0 aliphatic heterocycles. The summed E-state index contributed by atoms with van der Waals surface area (Å²) in [5.74, 6) is 0.808. The molecular weight excluding hydrogens is 428 g/mol. The third-order valence-electron chi connectivity index (χ3n) is 4.92. The van der Waals surface area contributed by atoms with E-state index in [-0.39, 0.29) is 17.9 Å². The number of nitrogens with one attached hydrogen (secondary N) is 1. The second-order valence-corrected chi connectivity index (χ2v) is 9.42. The van der Waals surface area contributed by atoms with Crippen LogP contribution in [0.2, 0.25) is 5.02 Å². The van der Waals surface area contributed by atoms with Crippen LogP contribution in [0.4, 0.5) is 0 Å². The molecule has 2 rings (SSSR count). The van der Waals surface area contributed by atoms with Gasteiger partial charge in [-0.3, -0.25) is 9.59 Å². The maximum Gasteiger partial charge on any atom is 0.242 e. The first kappa shape index (κ1) is 25.3. The Labute approximate surface area is 195 Å². The summed E-state index contributed by atoms with van der Waals surface area (Å²) in [5, 5.41) is 3.69. The first-order valence-corrected chi connectivity index (χ1v) is 12.3. The van der Waals surface area contributed by atoms with Crippen molar-refractivity contribution in [2.24, 2.45) is 0 Å². The van der Waals surface area contributed by atoms with Gasteiger partial charge >= 0.3 is 0 Å². The summed E-state index contributed by atoms with van der Waals surface area (Å²) < 4.78 is 0. The molecule has 168 valence electrons. The van der Waals surface area contributed by atoms with Gasteiger partial charge in [-0.05, 0) is 68.7 Å². The Morgan fingerprint density at radius 3 is 2.35 bits per heavy atom. The molecule has 4 nitrogen and oxygen atoms in total. The molecule has 6 heteroatoms. The number of hydrogen-bond donors (Lipinski definition) is 1. The molecule has 0 spiro atoms. The molecule has 2 aromatic rings. The summed E-state index contributed by atoms with van der Waals surface area (Å²) in [7, 11) is 0. The van der Waals surface area contributed by atoms with Crippen molar-refractivity contribution in [3.05, 3.63) is 65.2 Å². The van der Waals surface area contributed by atoms with Gasteiger partial charge in [-0.1, -0.05) is 48.9 Å². The number of rotatable bonds is 12. The van der Waals surface area contributed by atoms with E-state index in [1.54, 1.807) is 16.7 Å². The van der Waals surface area contributed by atoms with Crippen molar-refractivity contribution in [2.75, 3.05) is 12.3 Å². The van der Waals surface area contributed by atoms with E-state index in [4.69, 9.17) is 11.6 Å². The summed E-state index contributed by atoms with van der Waals surface area (Å²) in [6.45, 7) is 6.38. The average molecular weight is 461 g/mol. The number of halogens is 1. The number of benzene rings is 2. The molecule has 31 heavy (non-hydrogen) atoms. The Morgan fingerprint density at radius 1 is 1.06 bits per heavy atom. The molecule has 0 aromatic heterocycles. The maximum atomic E-state index is 13.1. The van der Waals surface area contributed by atoms with E-state index in [9.17, 15) is 9.59 Å². The molecule has 0 bridgehead atoms. The van der Waals surface area contributed by atoms with E-state index in [0.29, 0.717) is 19.4 Å². The SMILES string of the molecule is CCC(C(=O)NC(C)C)N(CCc1ccccc1)C(=O)CCCSc1ccc(Cl)cc1. The highest BCUT2D eigenvalue weighted by atomic mass is 35.5. The highest BCUT2D eigenvalue weighted by molar-refractivity contribution is 7.99. The Morgan fingerprint density at radius 2 is 1.74 bits per heavy atom. The first-order chi connectivity index (χ1) is 14.9. The van der Waals surface area contributed by atoms with Crippen LogP contribution in [0.3, 0.4) is 0 Å². The number of thioether (sulfide) groups is 1. The molecule has 0 radical (unpaired) electrons. The predicted molar refractivity (Wildman–Crippen MR) is 131 cm³/mol. The van der Waals surface area contributed by atoms with Crippen molar-refractivity contribution in [2.45, 2.75) is 63.4 Å². The summed E-state index contributed by atoms with van der Waals surface area (Å²) in [6, 6.07) is 17.4. The van der Waals surface area contributed by atoms with E-state index in [0.717, 1.165) is 34.1 Å². The lowest BCUT2D eigenvalue weighted by atomic mass is 10.1. The molecule has 0 heterocycles. The average Bonchev–Trinajstić information content (AvgIpc) is 2.75. The highest BCUT2D eigenvalue weighted by Gasteiger charge is 2.28. The standard InChI is InChI=1S/C25H33ClN2O2S/c1-4-23(25(30)27-19(2)3)28(17-16-20-9-6-5-7-10-20)24(29)11-8-18-31-22-14-12-21(26)13-15-22/h5-7,9-10,12-15,19,23H,4,8,11,16-18H2,1-3H3,(H,27,30). The van der Waals surface area contributed by atoms with Gasteiger partial charge in [-0.2, -0.15) is 0 Å². The lowest BCUT2D eigenvalue weighted by Crippen LogP contribution is -2.51. The molecule has 0 aliphatic carbocycles. The second-order valence-electron chi connectivity index (χ2n) is 7.82. The summed E-state index contributed by atoms with van der Waals surface area (Å²) in [4.78, 5) is 28.8. The fourth-order valence-electron chi connectivity index (χ4n) is 3.36. The minimum Gasteiger partial charge on any atom is -0.352 e. The van der Waals surface area contributed by atoms with Gasteiger partial charge in [0.05, 0.1) is 0 Å². The van der Waals surface area contributed by atoms with Gasteiger partial charge in [-0.25, -0.2) is 0 Å². The molecule has 0 aliphatic rings. The van der Waals surface area contributed by atoms with Crippen LogP contribution >= 0.6 is 23.4 Å². The van der Waals surface area contributed by atoms with Gasteiger partial charge in [0.1, 0.15) is 6.04 Å². The zero-order chi connectivity index (χ0) is 22.6. The Kier molecular flexibility index (Phi) is 11.0. The molecular formula is C25H33ClN2O2S. The maximum absolute atomic E-state index is 13.1. The highest BCUT2D eigenvalue weighted by Crippen LogP contribution is 2.22. The van der Waals surface area contributed by atoms with Crippen LogP contribution < -0.4 is 5.32 Å². The van der Waals surface area contributed by atoms with E-state index < -0.39 is 6.04 Å². The first-order valence-electron chi connectivity index (χ1n) is 10.9. The van der Waals surface area contributed by atoms with Crippen molar-refractivity contribution in [3.63, 3.8) is 0 Å². The normalized spacial score (nSPS) is 11.9. The van der Waals surface area contributed by atoms with Crippen LogP contribution in [0.15, 0.2) is 59.5 Å². The molecule has 2 aromatic carbocycles. The van der Waals surface area contributed by atoms with Gasteiger partial charge < -0.3 is 10.2 Å². The minimum atomic E-state index is -0.442. The molecule has 1 N–H and O–H groups in total. The number of hydrogen-bond acceptors (Lipinski definition) is 3. The molecule has 1 atom stereocenters. The smallest absolute Gasteiger partial charge is 0.242 e. The molecule has 1 unspecified atom stereocenters. The third-order valence-corrected chi connectivity index (χ3v) is 6.27. The zero-order valence-electron chi connectivity index (χ0n) is 18.6. The van der Waals surface area contributed by atoms with E-state index in [2.05, 4.69) is 17.4 Å². The fraction of sp³-hybridized carbons (Fsp3) is 0.440. The third kappa shape index (κ3) is 8.96. The Bertz CT molecular complexity index is 812. The van der Waals surface area contributed by atoms with E-state index >= 15 is 0 Å². The second kappa shape index (κ2) is 13.4. The lowest BCUT2D eigenvalue weighted by molar-refractivity contribution is -0.140. The predicted octanol–water partition coefficient (Wildman–Crippen LogP) is 5.59. The summed E-state index contributed by atoms with van der Waals surface area (Å²) in [5.41, 5.74) is 1.16. The van der Waals surface area contributed by atoms with Crippen molar-refractivity contribution in [1.29, 1.82) is 0 Å². The molecule has 2 amide bonds. The van der Waals surface area contributed by atoms with Crippen LogP contribution in [0.1, 0.15) is 45.6 Å². The van der Waals surface area contributed by atoms with Gasteiger partial charge in [0.15, 0.2) is 0 Å². The molecule has 0 saturated heterocycles. The van der Waals surface area contributed by atoms with Crippen LogP contribution in [0.25, 0.3) is 0 Å². The van der Waals surface area contributed by atoms with Crippen LogP contribution in [0, 0.1) is 0 Å². The molecule has 0 saturated carbocycles. The van der Waals surface area contributed by atoms with Crippen molar-refractivity contribution >= 4 is 35.2 Å². The van der Waals surface area contributed by atoms with Gasteiger partial charge in [0.2, 0.25) is 11.8 Å². The Hall–Kier alpha value is -1.98. The van der Waals surface area contributed by atoms with Crippen molar-refractivity contribution in [1.82, 2.24) is 10.2 Å². The van der Waals surface area contributed by atoms with Gasteiger partial charge in [0.25, 0.3) is 0 Å². The van der Waals surface area contributed by atoms with E-state index in [1.807, 2.05) is 63.2 Å². The van der Waals surface area contributed by atoms with Crippen molar-refractivity contribution < 1.29 is 9.59 Å². The minimum absolute atomic E-state index is 0.0402. The van der Waals surface area contributed by atoms with Crippen LogP contribution in [0.5, 0.6) is 0 Å². The quantitative estimate of drug-likeness (QED) is 0.332. The largest absolute Gasteiger partial charge is 0.352 e. The number of amides is 2. The Balaban J connectivity index is 1.98. The summed E-state index contributed by atoms with van der Waals surface area (Å²) >= 11 is 7.64. The van der Waals surface area contributed by atoms with Crippen molar-refractivity contribution in [3.8, 4) is 0 Å². The molecule has 0 fully saturated rings. The van der Waals surface area contributed by atoms with Gasteiger partial charge in [-0.15, -0.1) is 11.8 Å². The van der Waals surface area contributed by atoms with Crippen LogP contribution in [-0.2, 0) is 16.0 Å². The number of nitrogens with zero attached hydrogens (tertiary/aromatic N) is 1. The fourth-order valence-corrected chi connectivity index (χ4v) is 4.34. The number of carbonyl (C=O) groups is 2. The van der Waals surface area contributed by atoms with Crippen LogP contribution in [-0.4, -0.2) is 41.1 Å². The number of carbonyl (C=O) groups excluding carboxylic acids is 2. The van der Waals surface area contributed by atoms with Gasteiger partial charge in [0, 0.05) is 28.9 Å². The van der Waals surface area contributed by atoms with E-state index in [1.165, 1.54) is 0 Å². The lowest BCUT2D eigenvalue weighted by Gasteiger charge is -2.31. The zero-order valence-corrected chi connectivity index (χ0v) is 20.2. The monoisotopic (exact) mass is 460 g/mol.